The van der Waals surface area contributed by atoms with Crippen LogP contribution in [-0.2, 0) is 10.2 Å². The summed E-state index contributed by atoms with van der Waals surface area (Å²) in [6.45, 7) is 2.01. The number of methoxy groups -OCH3 is 1. The molecule has 4 rings (SSSR count). The van der Waals surface area contributed by atoms with Crippen LogP contribution in [0.3, 0.4) is 0 Å². The summed E-state index contributed by atoms with van der Waals surface area (Å²) < 4.78 is 5.59. The molecule has 3 aliphatic rings. The predicted molar refractivity (Wildman–Crippen MR) is 103 cm³/mol. The lowest BCUT2D eigenvalue weighted by Gasteiger charge is -2.36. The molecule has 0 aromatic heterocycles. The van der Waals surface area contributed by atoms with Gasteiger partial charge in [-0.1, -0.05) is 6.42 Å². The highest BCUT2D eigenvalue weighted by molar-refractivity contribution is 6.08. The fourth-order valence-corrected chi connectivity index (χ4v) is 4.32. The van der Waals surface area contributed by atoms with Crippen molar-refractivity contribution in [1.29, 1.82) is 5.41 Å². The van der Waals surface area contributed by atoms with Gasteiger partial charge >= 0.3 is 0 Å². The SMILES string of the molecule is COc1cc(/C(=C/C=N)NC2CCNCC2)cc2c1NC(=O)C21CCC1. The number of carbonyl (C=O) groups excluding carboxylic acids is 1. The first kappa shape index (κ1) is 17.1. The molecule has 6 nitrogen and oxygen atoms in total. The highest BCUT2D eigenvalue weighted by atomic mass is 16.5. The van der Waals surface area contributed by atoms with E-state index < -0.39 is 0 Å². The van der Waals surface area contributed by atoms with Gasteiger partial charge in [0, 0.05) is 23.5 Å². The molecule has 0 radical (unpaired) electrons. The average Bonchev–Trinajstić information content (AvgIpc) is 2.93. The number of rotatable bonds is 5. The number of hydrogen-bond donors (Lipinski definition) is 4. The van der Waals surface area contributed by atoms with Gasteiger partial charge < -0.3 is 26.1 Å². The summed E-state index contributed by atoms with van der Waals surface area (Å²) in [5, 5.41) is 17.6. The summed E-state index contributed by atoms with van der Waals surface area (Å²) in [7, 11) is 1.64. The zero-order valence-electron chi connectivity index (χ0n) is 15.2. The van der Waals surface area contributed by atoms with Crippen molar-refractivity contribution in [2.45, 2.75) is 43.6 Å². The van der Waals surface area contributed by atoms with Crippen molar-refractivity contribution in [2.24, 2.45) is 0 Å². The molecule has 1 aliphatic carbocycles. The standard InChI is InChI=1S/C20H26N4O2/c1-26-17-12-13(16(3-8-21)23-14-4-9-22-10-5-14)11-15-18(17)24-19(25)20(15)6-2-7-20/h3,8,11-12,14,21-23H,2,4-7,9-10H2,1H3,(H,24,25)/b16-3-,21-8?. The van der Waals surface area contributed by atoms with Gasteiger partial charge in [-0.2, -0.15) is 0 Å². The van der Waals surface area contributed by atoms with Gasteiger partial charge in [-0.25, -0.2) is 0 Å². The van der Waals surface area contributed by atoms with Gasteiger partial charge in [0.25, 0.3) is 0 Å². The van der Waals surface area contributed by atoms with Crippen LogP contribution in [0.5, 0.6) is 5.75 Å². The van der Waals surface area contributed by atoms with Gasteiger partial charge in [-0.15, -0.1) is 0 Å². The number of fused-ring (bicyclic) bond motifs is 2. The van der Waals surface area contributed by atoms with E-state index in [0.29, 0.717) is 11.8 Å². The molecule has 4 N–H and O–H groups in total. The van der Waals surface area contributed by atoms with E-state index in [1.165, 1.54) is 6.21 Å². The molecule has 1 aromatic carbocycles. The van der Waals surface area contributed by atoms with Gasteiger partial charge in [0.1, 0.15) is 5.75 Å². The van der Waals surface area contributed by atoms with Gasteiger partial charge in [0.2, 0.25) is 5.91 Å². The van der Waals surface area contributed by atoms with E-state index in [2.05, 4.69) is 22.0 Å². The monoisotopic (exact) mass is 354 g/mol. The van der Waals surface area contributed by atoms with E-state index in [4.69, 9.17) is 10.1 Å². The highest BCUT2D eigenvalue weighted by Crippen LogP contribution is 2.54. The lowest BCUT2D eigenvalue weighted by atomic mass is 9.65. The van der Waals surface area contributed by atoms with Crippen molar-refractivity contribution in [1.82, 2.24) is 10.6 Å². The van der Waals surface area contributed by atoms with Crippen LogP contribution in [0.4, 0.5) is 5.69 Å². The van der Waals surface area contributed by atoms with Crippen LogP contribution in [0.1, 0.15) is 43.2 Å². The Morgan fingerprint density at radius 2 is 2.12 bits per heavy atom. The fraction of sp³-hybridized carbons (Fsp3) is 0.500. The number of piperidine rings is 1. The van der Waals surface area contributed by atoms with Crippen molar-refractivity contribution in [3.8, 4) is 5.75 Å². The molecule has 6 heteroatoms. The van der Waals surface area contributed by atoms with E-state index in [1.807, 2.05) is 6.07 Å². The van der Waals surface area contributed by atoms with Gasteiger partial charge in [-0.3, -0.25) is 4.79 Å². The second-order valence-corrected chi connectivity index (χ2v) is 7.41. The van der Waals surface area contributed by atoms with E-state index in [1.54, 1.807) is 13.2 Å². The second kappa shape index (κ2) is 6.76. The number of hydrogen-bond acceptors (Lipinski definition) is 5. The highest BCUT2D eigenvalue weighted by Gasteiger charge is 2.52. The molecule has 1 saturated heterocycles. The maximum Gasteiger partial charge on any atom is 0.235 e. The number of allylic oxidation sites excluding steroid dienone is 1. The third-order valence-electron chi connectivity index (χ3n) is 5.98. The molecule has 2 heterocycles. The molecule has 0 unspecified atom stereocenters. The minimum atomic E-state index is -0.386. The van der Waals surface area contributed by atoms with E-state index in [9.17, 15) is 4.79 Å². The Kier molecular flexibility index (Phi) is 4.44. The Bertz CT molecular complexity index is 761. The molecular formula is C20H26N4O2. The molecule has 0 bridgehead atoms. The Labute approximate surface area is 153 Å². The van der Waals surface area contributed by atoms with Crippen LogP contribution < -0.4 is 20.7 Å². The van der Waals surface area contributed by atoms with E-state index in [-0.39, 0.29) is 11.3 Å². The number of benzene rings is 1. The van der Waals surface area contributed by atoms with Gasteiger partial charge in [0.05, 0.1) is 18.2 Å². The van der Waals surface area contributed by atoms with Crippen LogP contribution in [0.25, 0.3) is 5.70 Å². The zero-order chi connectivity index (χ0) is 18.1. The Morgan fingerprint density at radius 1 is 1.35 bits per heavy atom. The number of ether oxygens (including phenoxy) is 1. The molecular weight excluding hydrogens is 328 g/mol. The van der Waals surface area contributed by atoms with E-state index >= 15 is 0 Å². The van der Waals surface area contributed by atoms with Crippen molar-refractivity contribution in [3.63, 3.8) is 0 Å². The molecule has 138 valence electrons. The topological polar surface area (TPSA) is 86.2 Å². The minimum Gasteiger partial charge on any atom is -0.495 e. The summed E-state index contributed by atoms with van der Waals surface area (Å²) in [4.78, 5) is 12.6. The first-order valence-corrected chi connectivity index (χ1v) is 9.40. The van der Waals surface area contributed by atoms with Crippen molar-refractivity contribution in [2.75, 3.05) is 25.5 Å². The molecule has 2 fully saturated rings. The average molecular weight is 354 g/mol. The zero-order valence-corrected chi connectivity index (χ0v) is 15.2. The molecule has 2 aliphatic heterocycles. The second-order valence-electron chi connectivity index (χ2n) is 7.41. The number of carbonyl (C=O) groups is 1. The lowest BCUT2D eigenvalue weighted by molar-refractivity contribution is -0.123. The van der Waals surface area contributed by atoms with Crippen molar-refractivity contribution in [3.05, 3.63) is 29.3 Å². The first-order valence-electron chi connectivity index (χ1n) is 9.40. The Morgan fingerprint density at radius 3 is 2.73 bits per heavy atom. The van der Waals surface area contributed by atoms with E-state index in [0.717, 1.165) is 67.7 Å². The third-order valence-corrected chi connectivity index (χ3v) is 5.98. The maximum atomic E-state index is 12.6. The number of amides is 1. The molecule has 0 atom stereocenters. The smallest absolute Gasteiger partial charge is 0.235 e. The quantitative estimate of drug-likeness (QED) is 0.612. The molecule has 26 heavy (non-hydrogen) atoms. The summed E-state index contributed by atoms with van der Waals surface area (Å²) >= 11 is 0. The summed E-state index contributed by atoms with van der Waals surface area (Å²) in [6, 6.07) is 4.46. The van der Waals surface area contributed by atoms with Gasteiger partial charge in [-0.05, 0) is 62.5 Å². The normalized spacial score (nSPS) is 21.7. The summed E-state index contributed by atoms with van der Waals surface area (Å²) in [6.07, 6.45) is 8.08. The third kappa shape index (κ3) is 2.69. The van der Waals surface area contributed by atoms with Crippen LogP contribution in [-0.4, -0.2) is 38.4 Å². The largest absolute Gasteiger partial charge is 0.495 e. The van der Waals surface area contributed by atoms with Crippen LogP contribution >= 0.6 is 0 Å². The lowest BCUT2D eigenvalue weighted by Crippen LogP contribution is -2.41. The number of nitrogens with one attached hydrogen (secondary N) is 4. The van der Waals surface area contributed by atoms with Crippen LogP contribution in [0, 0.1) is 5.41 Å². The molecule has 1 spiro atoms. The first-order chi connectivity index (χ1) is 12.7. The van der Waals surface area contributed by atoms with Crippen molar-refractivity contribution < 1.29 is 9.53 Å². The number of anilines is 1. The summed E-state index contributed by atoms with van der Waals surface area (Å²) in [5.41, 5.74) is 3.37. The fourth-order valence-electron chi connectivity index (χ4n) is 4.32. The molecule has 1 amide bonds. The minimum absolute atomic E-state index is 0.0955. The Balaban J connectivity index is 1.72. The predicted octanol–water partition coefficient (Wildman–Crippen LogP) is 2.40. The summed E-state index contributed by atoms with van der Waals surface area (Å²) in [5.74, 6) is 0.788. The molecule has 1 saturated carbocycles. The van der Waals surface area contributed by atoms with Crippen molar-refractivity contribution >= 4 is 23.5 Å². The maximum absolute atomic E-state index is 12.6. The Hall–Kier alpha value is -2.34. The van der Waals surface area contributed by atoms with Crippen LogP contribution in [0.15, 0.2) is 18.2 Å². The molecule has 1 aromatic rings. The van der Waals surface area contributed by atoms with Gasteiger partial charge in [0.15, 0.2) is 0 Å². The van der Waals surface area contributed by atoms with Crippen LogP contribution in [0.2, 0.25) is 0 Å².